The van der Waals surface area contributed by atoms with Crippen molar-refractivity contribution < 1.29 is 4.74 Å². The van der Waals surface area contributed by atoms with Gasteiger partial charge in [0.1, 0.15) is 0 Å². The van der Waals surface area contributed by atoms with Gasteiger partial charge in [0.2, 0.25) is 0 Å². The normalized spacial score (nSPS) is 22.0. The largest absolute Gasteiger partial charge is 0.379 e. The lowest BCUT2D eigenvalue weighted by atomic mass is 9.92. The molecule has 2 aliphatic rings. The van der Waals surface area contributed by atoms with Crippen molar-refractivity contribution in [2.75, 3.05) is 44.3 Å². The van der Waals surface area contributed by atoms with Crippen molar-refractivity contribution in [3.05, 3.63) is 17.8 Å². The predicted molar refractivity (Wildman–Crippen MR) is 88.4 cm³/mol. The average molecular weight is 304 g/mol. The standard InChI is InChI=1S/C17H28N4O/c1-17(2,3)15-4-5-16(19-18-15)21-8-6-14(7-9-21)20-10-12-22-13-11-20/h4-5,14H,6-13H2,1-3H3. The smallest absolute Gasteiger partial charge is 0.151 e. The van der Waals surface area contributed by atoms with Crippen LogP contribution in [0.4, 0.5) is 5.82 Å². The van der Waals surface area contributed by atoms with Crippen molar-refractivity contribution in [2.24, 2.45) is 0 Å². The first-order chi connectivity index (χ1) is 10.5. The Morgan fingerprint density at radius 3 is 2.23 bits per heavy atom. The van der Waals surface area contributed by atoms with Crippen molar-refractivity contribution in [3.63, 3.8) is 0 Å². The molecule has 122 valence electrons. The minimum Gasteiger partial charge on any atom is -0.379 e. The predicted octanol–water partition coefficient (Wildman–Crippen LogP) is 2.08. The van der Waals surface area contributed by atoms with Crippen LogP contribution in [0.2, 0.25) is 0 Å². The first kappa shape index (κ1) is 15.7. The fourth-order valence-electron chi connectivity index (χ4n) is 3.30. The number of anilines is 1. The Hall–Kier alpha value is -1.20. The second kappa shape index (κ2) is 6.50. The van der Waals surface area contributed by atoms with Crippen LogP contribution in [-0.2, 0) is 10.2 Å². The van der Waals surface area contributed by atoms with Gasteiger partial charge in [0.05, 0.1) is 18.9 Å². The van der Waals surface area contributed by atoms with Crippen molar-refractivity contribution >= 4 is 5.82 Å². The van der Waals surface area contributed by atoms with Crippen molar-refractivity contribution in [3.8, 4) is 0 Å². The van der Waals surface area contributed by atoms with E-state index in [1.165, 1.54) is 12.8 Å². The lowest BCUT2D eigenvalue weighted by molar-refractivity contribution is 0.0114. The number of nitrogens with zero attached hydrogens (tertiary/aromatic N) is 4. The van der Waals surface area contributed by atoms with Gasteiger partial charge in [-0.3, -0.25) is 4.90 Å². The molecule has 2 saturated heterocycles. The van der Waals surface area contributed by atoms with Gasteiger partial charge in [0.25, 0.3) is 0 Å². The van der Waals surface area contributed by atoms with Crippen LogP contribution < -0.4 is 4.90 Å². The van der Waals surface area contributed by atoms with E-state index in [9.17, 15) is 0 Å². The molecule has 2 fully saturated rings. The highest BCUT2D eigenvalue weighted by molar-refractivity contribution is 5.38. The van der Waals surface area contributed by atoms with E-state index in [1.54, 1.807) is 0 Å². The molecule has 0 atom stereocenters. The topological polar surface area (TPSA) is 41.5 Å². The molecule has 22 heavy (non-hydrogen) atoms. The number of hydrogen-bond acceptors (Lipinski definition) is 5. The number of rotatable bonds is 2. The summed E-state index contributed by atoms with van der Waals surface area (Å²) in [5.74, 6) is 1.02. The zero-order valence-corrected chi connectivity index (χ0v) is 14.1. The Morgan fingerprint density at radius 1 is 1.00 bits per heavy atom. The maximum absolute atomic E-state index is 5.45. The van der Waals surface area contributed by atoms with E-state index in [4.69, 9.17) is 4.74 Å². The maximum Gasteiger partial charge on any atom is 0.151 e. The van der Waals surface area contributed by atoms with E-state index in [2.05, 4.69) is 52.9 Å². The number of ether oxygens (including phenoxy) is 1. The Morgan fingerprint density at radius 2 is 1.68 bits per heavy atom. The van der Waals surface area contributed by atoms with Gasteiger partial charge in [-0.1, -0.05) is 20.8 Å². The van der Waals surface area contributed by atoms with E-state index in [1.807, 2.05) is 0 Å². The number of morpholine rings is 1. The summed E-state index contributed by atoms with van der Waals surface area (Å²) in [6.45, 7) is 12.6. The third-order valence-corrected chi connectivity index (χ3v) is 4.77. The summed E-state index contributed by atoms with van der Waals surface area (Å²) in [7, 11) is 0. The quantitative estimate of drug-likeness (QED) is 0.837. The van der Waals surface area contributed by atoms with Crippen LogP contribution in [0.1, 0.15) is 39.3 Å². The maximum atomic E-state index is 5.45. The van der Waals surface area contributed by atoms with Crippen LogP contribution in [0.25, 0.3) is 0 Å². The van der Waals surface area contributed by atoms with Gasteiger partial charge in [-0.25, -0.2) is 0 Å². The molecule has 0 spiro atoms. The minimum absolute atomic E-state index is 0.0643. The molecular weight excluding hydrogens is 276 g/mol. The van der Waals surface area contributed by atoms with Crippen LogP contribution in [0, 0.1) is 0 Å². The van der Waals surface area contributed by atoms with Gasteiger partial charge in [0, 0.05) is 37.6 Å². The van der Waals surface area contributed by atoms with E-state index in [-0.39, 0.29) is 5.41 Å². The highest BCUT2D eigenvalue weighted by Gasteiger charge is 2.26. The second-order valence-corrected chi connectivity index (χ2v) is 7.39. The van der Waals surface area contributed by atoms with Gasteiger partial charge in [-0.15, -0.1) is 5.10 Å². The molecule has 0 aromatic carbocycles. The van der Waals surface area contributed by atoms with Crippen LogP contribution in [-0.4, -0.2) is 60.5 Å². The minimum atomic E-state index is 0.0643. The highest BCUT2D eigenvalue weighted by Crippen LogP contribution is 2.24. The summed E-state index contributed by atoms with van der Waals surface area (Å²) >= 11 is 0. The second-order valence-electron chi connectivity index (χ2n) is 7.39. The SMILES string of the molecule is CC(C)(C)c1ccc(N2CCC(N3CCOCC3)CC2)nn1. The van der Waals surface area contributed by atoms with Crippen molar-refractivity contribution in [1.29, 1.82) is 0 Å². The summed E-state index contributed by atoms with van der Waals surface area (Å²) in [5.41, 5.74) is 1.12. The molecule has 0 aliphatic carbocycles. The summed E-state index contributed by atoms with van der Waals surface area (Å²) < 4.78 is 5.45. The van der Waals surface area contributed by atoms with Gasteiger partial charge in [0.15, 0.2) is 5.82 Å². The molecule has 1 aromatic rings. The monoisotopic (exact) mass is 304 g/mol. The molecule has 0 N–H and O–H groups in total. The third kappa shape index (κ3) is 3.58. The van der Waals surface area contributed by atoms with Crippen LogP contribution in [0.5, 0.6) is 0 Å². The van der Waals surface area contributed by atoms with E-state index in [0.717, 1.165) is 50.9 Å². The number of aromatic nitrogens is 2. The lowest BCUT2D eigenvalue weighted by Gasteiger charge is -2.40. The van der Waals surface area contributed by atoms with Crippen molar-refractivity contribution in [2.45, 2.75) is 45.1 Å². The molecule has 5 nitrogen and oxygen atoms in total. The molecule has 2 aliphatic heterocycles. The summed E-state index contributed by atoms with van der Waals surface area (Å²) in [6, 6.07) is 4.96. The fraction of sp³-hybridized carbons (Fsp3) is 0.765. The molecule has 3 heterocycles. The molecule has 3 rings (SSSR count). The molecular formula is C17H28N4O. The molecule has 1 aromatic heterocycles. The molecule has 0 saturated carbocycles. The number of hydrogen-bond donors (Lipinski definition) is 0. The van der Waals surface area contributed by atoms with Gasteiger partial charge in [-0.05, 0) is 25.0 Å². The lowest BCUT2D eigenvalue weighted by Crippen LogP contribution is -2.49. The third-order valence-electron chi connectivity index (χ3n) is 4.77. The summed E-state index contributed by atoms with van der Waals surface area (Å²) in [5, 5.41) is 8.86. The van der Waals surface area contributed by atoms with Gasteiger partial charge in [-0.2, -0.15) is 5.10 Å². The summed E-state index contributed by atoms with van der Waals surface area (Å²) in [4.78, 5) is 4.96. The Balaban J connectivity index is 1.57. The molecule has 0 bridgehead atoms. The van der Waals surface area contributed by atoms with Crippen LogP contribution in [0.3, 0.4) is 0 Å². The molecule has 0 unspecified atom stereocenters. The molecule has 0 radical (unpaired) electrons. The molecule has 0 amide bonds. The molecule has 5 heteroatoms. The number of piperidine rings is 1. The van der Waals surface area contributed by atoms with Crippen LogP contribution >= 0.6 is 0 Å². The van der Waals surface area contributed by atoms with E-state index >= 15 is 0 Å². The van der Waals surface area contributed by atoms with E-state index in [0.29, 0.717) is 6.04 Å². The van der Waals surface area contributed by atoms with E-state index < -0.39 is 0 Å². The zero-order chi connectivity index (χ0) is 15.6. The van der Waals surface area contributed by atoms with Crippen molar-refractivity contribution in [1.82, 2.24) is 15.1 Å². The van der Waals surface area contributed by atoms with Gasteiger partial charge >= 0.3 is 0 Å². The average Bonchev–Trinajstić information content (AvgIpc) is 2.55. The zero-order valence-electron chi connectivity index (χ0n) is 14.1. The first-order valence-electron chi connectivity index (χ1n) is 8.45. The van der Waals surface area contributed by atoms with Gasteiger partial charge < -0.3 is 9.64 Å². The highest BCUT2D eigenvalue weighted by atomic mass is 16.5. The Bertz CT molecular complexity index is 468. The fourth-order valence-corrected chi connectivity index (χ4v) is 3.30. The Kier molecular flexibility index (Phi) is 4.64. The summed E-state index contributed by atoms with van der Waals surface area (Å²) in [6.07, 6.45) is 2.42. The first-order valence-corrected chi connectivity index (χ1v) is 8.45. The van der Waals surface area contributed by atoms with Crippen LogP contribution in [0.15, 0.2) is 12.1 Å². The Labute approximate surface area is 133 Å².